The maximum atomic E-state index is 9.95. The van der Waals surface area contributed by atoms with Gasteiger partial charge in [0, 0.05) is 5.57 Å². The van der Waals surface area contributed by atoms with Crippen LogP contribution in [0.5, 0.6) is 0 Å². The van der Waals surface area contributed by atoms with Gasteiger partial charge in [0.05, 0.1) is 5.75 Å². The van der Waals surface area contributed by atoms with Crippen molar-refractivity contribution in [3.8, 4) is 0 Å². The first-order valence-corrected chi connectivity index (χ1v) is 5.65. The van der Waals surface area contributed by atoms with E-state index >= 15 is 0 Å². The molecule has 86 valence electrons. The Kier molecular flexibility index (Phi) is 14.5. The van der Waals surface area contributed by atoms with Crippen LogP contribution in [0.3, 0.4) is 0 Å². The zero-order valence-electron chi connectivity index (χ0n) is 8.36. The molecule has 0 aromatic carbocycles. The van der Waals surface area contributed by atoms with Gasteiger partial charge >= 0.3 is 35.5 Å². The number of carbonyl (C=O) groups is 1. The van der Waals surface area contributed by atoms with E-state index in [4.69, 9.17) is 9.66 Å². The molecule has 0 atom stereocenters. The fourth-order valence-electron chi connectivity index (χ4n) is 0.327. The summed E-state index contributed by atoms with van der Waals surface area (Å²) in [6.45, 7) is 6.47. The monoisotopic (exact) mass is 248 g/mol. The molecule has 0 saturated carbocycles. The predicted octanol–water partition coefficient (Wildman–Crippen LogP) is 0.673. The fraction of sp³-hybridized carbons (Fsp3) is 0.625. The first-order chi connectivity index (χ1) is 6.20. The minimum absolute atomic E-state index is 0. The van der Waals surface area contributed by atoms with E-state index in [0.717, 1.165) is 6.42 Å². The Morgan fingerprint density at radius 2 is 1.73 bits per heavy atom. The standard InChI is InChI=1S/C4H10O3S.C4H6O2.Na.H/c1-2-3-4-8(5,6)7;1-3(2)4(5)6;;/h2-4H2,1H3,(H,5,6,7);1H2,2H3,(H,5,6);;. The third kappa shape index (κ3) is 24.9. The summed E-state index contributed by atoms with van der Waals surface area (Å²) in [6.07, 6.45) is 1.33. The third-order valence-corrected chi connectivity index (χ3v) is 1.93. The Morgan fingerprint density at radius 1 is 1.40 bits per heavy atom. The van der Waals surface area contributed by atoms with Crippen LogP contribution in [0.1, 0.15) is 26.7 Å². The Morgan fingerprint density at radius 3 is 1.80 bits per heavy atom. The quantitative estimate of drug-likeness (QED) is 0.433. The zero-order valence-corrected chi connectivity index (χ0v) is 9.17. The van der Waals surface area contributed by atoms with Crippen molar-refractivity contribution in [1.29, 1.82) is 0 Å². The Balaban J connectivity index is -0.000000187. The summed E-state index contributed by atoms with van der Waals surface area (Å²) in [4.78, 5) is 9.60. The second kappa shape index (κ2) is 10.6. The van der Waals surface area contributed by atoms with Crippen LogP contribution in [0, 0.1) is 0 Å². The second-order valence-electron chi connectivity index (χ2n) is 2.73. The van der Waals surface area contributed by atoms with Gasteiger partial charge < -0.3 is 5.11 Å². The van der Waals surface area contributed by atoms with Crippen LogP contribution in [0.4, 0.5) is 0 Å². The predicted molar refractivity (Wildman–Crippen MR) is 60.9 cm³/mol. The van der Waals surface area contributed by atoms with E-state index in [0.29, 0.717) is 6.42 Å². The van der Waals surface area contributed by atoms with Crippen molar-refractivity contribution >= 4 is 45.6 Å². The maximum absolute atomic E-state index is 9.95. The summed E-state index contributed by atoms with van der Waals surface area (Å²) in [5.74, 6) is -1.04. The van der Waals surface area contributed by atoms with E-state index in [1.807, 2.05) is 6.92 Å². The van der Waals surface area contributed by atoms with Crippen LogP contribution >= 0.6 is 0 Å². The van der Waals surface area contributed by atoms with E-state index in [9.17, 15) is 13.2 Å². The third-order valence-electron chi connectivity index (χ3n) is 1.12. The first kappa shape index (κ1) is 20.5. The normalized spacial score (nSPS) is 9.27. The number of carboxylic acid groups (broad SMARTS) is 1. The number of aliphatic carboxylic acids is 1. The average Bonchev–Trinajstić information content (AvgIpc) is 2.00. The number of rotatable bonds is 4. The Bertz CT molecular complexity index is 271. The summed E-state index contributed by atoms with van der Waals surface area (Å²) < 4.78 is 28.0. The van der Waals surface area contributed by atoms with Crippen LogP contribution < -0.4 is 0 Å². The van der Waals surface area contributed by atoms with Crippen molar-refractivity contribution in [1.82, 2.24) is 0 Å². The average molecular weight is 248 g/mol. The molecule has 0 aromatic heterocycles. The molecule has 0 radical (unpaired) electrons. The van der Waals surface area contributed by atoms with Gasteiger partial charge in [0.15, 0.2) is 0 Å². The van der Waals surface area contributed by atoms with Crippen LogP contribution in [0.2, 0.25) is 0 Å². The van der Waals surface area contributed by atoms with E-state index in [1.54, 1.807) is 0 Å². The molecular weight excluding hydrogens is 231 g/mol. The van der Waals surface area contributed by atoms with Crippen molar-refractivity contribution in [2.75, 3.05) is 5.75 Å². The van der Waals surface area contributed by atoms with Crippen molar-refractivity contribution in [3.05, 3.63) is 12.2 Å². The molecule has 5 nitrogen and oxygen atoms in total. The van der Waals surface area contributed by atoms with Gasteiger partial charge in [0.1, 0.15) is 0 Å². The molecule has 15 heavy (non-hydrogen) atoms. The minimum atomic E-state index is -3.69. The number of carboxylic acids is 1. The van der Waals surface area contributed by atoms with Gasteiger partial charge in [-0.25, -0.2) is 4.79 Å². The number of unbranched alkanes of at least 4 members (excludes halogenated alkanes) is 1. The zero-order chi connectivity index (χ0) is 11.8. The molecule has 0 aliphatic heterocycles. The summed E-state index contributed by atoms with van der Waals surface area (Å²) >= 11 is 0. The van der Waals surface area contributed by atoms with Gasteiger partial charge in [-0.1, -0.05) is 19.9 Å². The molecule has 0 saturated heterocycles. The molecule has 0 bridgehead atoms. The molecule has 0 heterocycles. The van der Waals surface area contributed by atoms with Crippen LogP contribution in [-0.4, -0.2) is 59.4 Å². The van der Waals surface area contributed by atoms with Crippen LogP contribution in [0.25, 0.3) is 0 Å². The summed E-state index contributed by atoms with van der Waals surface area (Å²) in [5, 5.41) is 7.89. The summed E-state index contributed by atoms with van der Waals surface area (Å²) in [6, 6.07) is 0. The molecule has 0 aliphatic rings. The van der Waals surface area contributed by atoms with Crippen LogP contribution in [-0.2, 0) is 14.9 Å². The van der Waals surface area contributed by atoms with Gasteiger partial charge in [-0.15, -0.1) is 0 Å². The summed E-state index contributed by atoms with van der Waals surface area (Å²) in [5.41, 5.74) is 0.176. The van der Waals surface area contributed by atoms with Crippen molar-refractivity contribution in [3.63, 3.8) is 0 Å². The molecule has 0 spiro atoms. The molecule has 0 fully saturated rings. The second-order valence-corrected chi connectivity index (χ2v) is 4.30. The van der Waals surface area contributed by atoms with E-state index < -0.39 is 16.1 Å². The molecule has 2 N–H and O–H groups in total. The van der Waals surface area contributed by atoms with Crippen molar-refractivity contribution in [2.45, 2.75) is 26.7 Å². The van der Waals surface area contributed by atoms with Gasteiger partial charge in [-0.3, -0.25) is 4.55 Å². The fourth-order valence-corrected chi connectivity index (χ4v) is 0.980. The number of hydrogen-bond acceptors (Lipinski definition) is 3. The molecule has 0 amide bonds. The van der Waals surface area contributed by atoms with Gasteiger partial charge in [0.25, 0.3) is 10.1 Å². The van der Waals surface area contributed by atoms with Gasteiger partial charge in [-0.05, 0) is 13.3 Å². The van der Waals surface area contributed by atoms with Crippen molar-refractivity contribution in [2.24, 2.45) is 0 Å². The van der Waals surface area contributed by atoms with E-state index in [-0.39, 0.29) is 40.9 Å². The molecule has 0 rings (SSSR count). The van der Waals surface area contributed by atoms with Crippen LogP contribution in [0.15, 0.2) is 12.2 Å². The first-order valence-electron chi connectivity index (χ1n) is 4.04. The Hall–Kier alpha value is 0.120. The van der Waals surface area contributed by atoms with Gasteiger partial charge in [0.2, 0.25) is 0 Å². The topological polar surface area (TPSA) is 91.7 Å². The SMILES string of the molecule is C=C(C)C(=O)O.CCCCS(=O)(=O)O.[NaH]. The molecular formula is C8H17NaO5S. The van der Waals surface area contributed by atoms with E-state index in [2.05, 4.69) is 6.58 Å². The number of hydrogen-bond donors (Lipinski definition) is 2. The van der Waals surface area contributed by atoms with Gasteiger partial charge in [-0.2, -0.15) is 8.42 Å². The molecule has 0 aromatic rings. The summed E-state index contributed by atoms with van der Waals surface area (Å²) in [7, 11) is -3.69. The van der Waals surface area contributed by atoms with Crippen molar-refractivity contribution < 1.29 is 22.9 Å². The molecule has 7 heteroatoms. The molecule has 0 unspecified atom stereocenters. The Labute approximate surface area is 113 Å². The van der Waals surface area contributed by atoms with E-state index in [1.165, 1.54) is 6.92 Å². The molecule has 0 aliphatic carbocycles.